The monoisotopic (exact) mass is 377 g/mol. The molecule has 148 valence electrons. The normalized spacial score (nSPS) is 18.8. The van der Waals surface area contributed by atoms with E-state index in [4.69, 9.17) is 0 Å². The van der Waals surface area contributed by atoms with Gasteiger partial charge >= 0.3 is 0 Å². The van der Waals surface area contributed by atoms with Gasteiger partial charge in [0.2, 0.25) is 5.91 Å². The van der Waals surface area contributed by atoms with Crippen molar-refractivity contribution in [2.45, 2.75) is 44.7 Å². The van der Waals surface area contributed by atoms with Gasteiger partial charge in [-0.05, 0) is 68.5 Å². The number of carbonyl (C=O) groups is 1. The molecule has 1 amide bonds. The third kappa shape index (κ3) is 4.56. The first-order chi connectivity index (χ1) is 13.8. The summed E-state index contributed by atoms with van der Waals surface area (Å²) in [6.45, 7) is 4.89. The van der Waals surface area contributed by atoms with Crippen molar-refractivity contribution in [3.63, 3.8) is 0 Å². The molecule has 0 radical (unpaired) electrons. The Morgan fingerprint density at radius 2 is 1.46 bits per heavy atom. The Morgan fingerprint density at radius 3 is 2.14 bits per heavy atom. The summed E-state index contributed by atoms with van der Waals surface area (Å²) < 4.78 is 0. The van der Waals surface area contributed by atoms with Gasteiger partial charge in [-0.2, -0.15) is 0 Å². The molecule has 1 N–H and O–H groups in total. The van der Waals surface area contributed by atoms with E-state index < -0.39 is 0 Å². The maximum Gasteiger partial charge on any atom is 0.242 e. The molecule has 0 saturated carbocycles. The maximum atomic E-state index is 13.1. The maximum absolute atomic E-state index is 13.1. The number of piperidine rings is 1. The van der Waals surface area contributed by atoms with Crippen molar-refractivity contribution >= 4 is 11.6 Å². The van der Waals surface area contributed by atoms with Gasteiger partial charge in [-0.3, -0.25) is 9.69 Å². The zero-order valence-corrected chi connectivity index (χ0v) is 16.6. The molecule has 4 heteroatoms. The number of hydrogen-bond acceptors (Lipinski definition) is 3. The van der Waals surface area contributed by atoms with E-state index >= 15 is 0 Å². The van der Waals surface area contributed by atoms with Crippen molar-refractivity contribution in [3.8, 4) is 0 Å². The lowest BCUT2D eigenvalue weighted by molar-refractivity contribution is -0.126. The van der Waals surface area contributed by atoms with Crippen LogP contribution in [0.3, 0.4) is 0 Å². The number of nitrogens with zero attached hydrogens (tertiary/aromatic N) is 2. The van der Waals surface area contributed by atoms with Gasteiger partial charge in [0.05, 0.1) is 0 Å². The number of benzene rings is 2. The zero-order valence-electron chi connectivity index (χ0n) is 16.6. The highest BCUT2D eigenvalue weighted by Crippen LogP contribution is 2.25. The SMILES string of the molecule is O=C(NCc1ccc(N2CCCCC2)cc1)C(c1ccccc1)N1CCCC1. The van der Waals surface area contributed by atoms with Crippen LogP contribution in [0.2, 0.25) is 0 Å². The lowest BCUT2D eigenvalue weighted by atomic mass is 10.0. The summed E-state index contributed by atoms with van der Waals surface area (Å²) in [5, 5.41) is 3.18. The average Bonchev–Trinajstić information content (AvgIpc) is 3.28. The molecule has 28 heavy (non-hydrogen) atoms. The van der Waals surface area contributed by atoms with Crippen LogP contribution in [0.4, 0.5) is 5.69 Å². The van der Waals surface area contributed by atoms with Crippen molar-refractivity contribution in [2.24, 2.45) is 0 Å². The van der Waals surface area contributed by atoms with Gasteiger partial charge in [0.15, 0.2) is 0 Å². The van der Waals surface area contributed by atoms with E-state index in [-0.39, 0.29) is 11.9 Å². The van der Waals surface area contributed by atoms with Crippen LogP contribution in [-0.2, 0) is 11.3 Å². The number of rotatable bonds is 6. The first-order valence-corrected chi connectivity index (χ1v) is 10.7. The second-order valence-electron chi connectivity index (χ2n) is 7.99. The Labute approximate surface area is 168 Å². The number of anilines is 1. The van der Waals surface area contributed by atoms with E-state index in [0.29, 0.717) is 6.54 Å². The standard InChI is InChI=1S/C24H31N3O/c28-24(23(27-17-7-8-18-27)21-9-3-1-4-10-21)25-19-20-11-13-22(14-12-20)26-15-5-2-6-16-26/h1,3-4,9-14,23H,2,5-8,15-19H2,(H,25,28). The fraction of sp³-hybridized carbons (Fsp3) is 0.458. The highest BCUT2D eigenvalue weighted by molar-refractivity contribution is 5.83. The first kappa shape index (κ1) is 19.0. The summed E-state index contributed by atoms with van der Waals surface area (Å²) in [5.74, 6) is 0.105. The molecule has 4 nitrogen and oxygen atoms in total. The fourth-order valence-corrected chi connectivity index (χ4v) is 4.43. The molecule has 2 aliphatic rings. The van der Waals surface area contributed by atoms with Crippen molar-refractivity contribution in [1.29, 1.82) is 0 Å². The third-order valence-electron chi connectivity index (χ3n) is 5.99. The molecule has 2 aliphatic heterocycles. The minimum atomic E-state index is -0.184. The van der Waals surface area contributed by atoms with Gasteiger partial charge in [-0.25, -0.2) is 0 Å². The summed E-state index contributed by atoms with van der Waals surface area (Å²) in [6, 6.07) is 18.7. The van der Waals surface area contributed by atoms with Gasteiger partial charge in [0.25, 0.3) is 0 Å². The molecule has 1 unspecified atom stereocenters. The van der Waals surface area contributed by atoms with Crippen LogP contribution < -0.4 is 10.2 Å². The van der Waals surface area contributed by atoms with Crippen molar-refractivity contribution in [2.75, 3.05) is 31.1 Å². The van der Waals surface area contributed by atoms with Crippen LogP contribution in [0.1, 0.15) is 49.3 Å². The Balaban J connectivity index is 1.39. The fourth-order valence-electron chi connectivity index (χ4n) is 4.43. The Kier molecular flexibility index (Phi) is 6.27. The largest absolute Gasteiger partial charge is 0.372 e. The van der Waals surface area contributed by atoms with Crippen LogP contribution in [0.5, 0.6) is 0 Å². The highest BCUT2D eigenvalue weighted by Gasteiger charge is 2.29. The topological polar surface area (TPSA) is 35.6 Å². The van der Waals surface area contributed by atoms with E-state index in [2.05, 4.69) is 51.5 Å². The number of amides is 1. The number of nitrogens with one attached hydrogen (secondary N) is 1. The van der Waals surface area contributed by atoms with Crippen LogP contribution in [0.25, 0.3) is 0 Å². The van der Waals surface area contributed by atoms with Crippen molar-refractivity contribution < 1.29 is 4.79 Å². The molecule has 1 atom stereocenters. The smallest absolute Gasteiger partial charge is 0.242 e. The van der Waals surface area contributed by atoms with Crippen molar-refractivity contribution in [1.82, 2.24) is 10.2 Å². The Bertz CT molecular complexity index is 747. The molecule has 0 spiro atoms. The van der Waals surface area contributed by atoms with Gasteiger partial charge in [-0.1, -0.05) is 42.5 Å². The molecule has 2 aromatic carbocycles. The lowest BCUT2D eigenvalue weighted by Gasteiger charge is -2.29. The van der Waals surface area contributed by atoms with E-state index in [0.717, 1.165) is 37.3 Å². The van der Waals surface area contributed by atoms with E-state index in [1.54, 1.807) is 0 Å². The van der Waals surface area contributed by atoms with E-state index in [1.165, 1.54) is 37.8 Å². The molecular formula is C24H31N3O. The van der Waals surface area contributed by atoms with Gasteiger partial charge in [0.1, 0.15) is 6.04 Å². The van der Waals surface area contributed by atoms with Crippen LogP contribution in [-0.4, -0.2) is 37.0 Å². The molecular weight excluding hydrogens is 346 g/mol. The number of hydrogen-bond donors (Lipinski definition) is 1. The van der Waals surface area contributed by atoms with Gasteiger partial charge in [0, 0.05) is 25.3 Å². The molecule has 2 fully saturated rings. The van der Waals surface area contributed by atoms with Gasteiger partial charge < -0.3 is 10.2 Å². The molecule has 4 rings (SSSR count). The molecule has 0 bridgehead atoms. The van der Waals surface area contributed by atoms with E-state index in [9.17, 15) is 4.79 Å². The first-order valence-electron chi connectivity index (χ1n) is 10.7. The minimum Gasteiger partial charge on any atom is -0.372 e. The molecule has 0 aromatic heterocycles. The Hall–Kier alpha value is -2.33. The van der Waals surface area contributed by atoms with Crippen LogP contribution in [0.15, 0.2) is 54.6 Å². The quantitative estimate of drug-likeness (QED) is 0.822. The summed E-state index contributed by atoms with van der Waals surface area (Å²) in [7, 11) is 0. The predicted molar refractivity (Wildman–Crippen MR) is 114 cm³/mol. The molecule has 2 heterocycles. The van der Waals surface area contributed by atoms with Crippen LogP contribution in [0, 0.1) is 0 Å². The average molecular weight is 378 g/mol. The zero-order chi connectivity index (χ0) is 19.2. The van der Waals surface area contributed by atoms with Gasteiger partial charge in [-0.15, -0.1) is 0 Å². The van der Waals surface area contributed by atoms with E-state index in [1.807, 2.05) is 18.2 Å². The second-order valence-corrected chi connectivity index (χ2v) is 7.99. The number of likely N-dealkylation sites (tertiary alicyclic amines) is 1. The molecule has 0 aliphatic carbocycles. The molecule has 2 aromatic rings. The molecule has 2 saturated heterocycles. The minimum absolute atomic E-state index is 0.105. The highest BCUT2D eigenvalue weighted by atomic mass is 16.2. The third-order valence-corrected chi connectivity index (χ3v) is 5.99. The summed E-state index contributed by atoms with van der Waals surface area (Å²) >= 11 is 0. The van der Waals surface area contributed by atoms with Crippen molar-refractivity contribution in [3.05, 3.63) is 65.7 Å². The second kappa shape index (κ2) is 9.24. The summed E-state index contributed by atoms with van der Waals surface area (Å²) in [4.78, 5) is 17.8. The summed E-state index contributed by atoms with van der Waals surface area (Å²) in [6.07, 6.45) is 6.27. The van der Waals surface area contributed by atoms with Crippen LogP contribution >= 0.6 is 0 Å². The predicted octanol–water partition coefficient (Wildman–Crippen LogP) is 4.13. The number of carbonyl (C=O) groups excluding carboxylic acids is 1. The lowest BCUT2D eigenvalue weighted by Crippen LogP contribution is -2.39. The Morgan fingerprint density at radius 1 is 0.821 bits per heavy atom. The summed E-state index contributed by atoms with van der Waals surface area (Å²) in [5.41, 5.74) is 3.54.